The van der Waals surface area contributed by atoms with Crippen LogP contribution in [-0.2, 0) is 6.54 Å². The number of aryl methyl sites for hydroxylation is 1. The molecule has 0 aliphatic carbocycles. The molecule has 1 N–H and O–H groups in total. The summed E-state index contributed by atoms with van der Waals surface area (Å²) in [5.41, 5.74) is 1.97. The van der Waals surface area contributed by atoms with E-state index in [1.165, 1.54) is 16.5 Å². The van der Waals surface area contributed by atoms with Gasteiger partial charge in [0.15, 0.2) is 0 Å². The zero-order valence-electron chi connectivity index (χ0n) is 9.33. The Morgan fingerprint density at radius 1 is 1.41 bits per heavy atom. The van der Waals surface area contributed by atoms with Crippen LogP contribution in [-0.4, -0.2) is 0 Å². The van der Waals surface area contributed by atoms with Crippen molar-refractivity contribution in [1.82, 2.24) is 0 Å². The number of thiophene rings is 1. The van der Waals surface area contributed by atoms with Gasteiger partial charge in [-0.15, -0.1) is 11.3 Å². The van der Waals surface area contributed by atoms with Crippen molar-refractivity contribution in [3.05, 3.63) is 51.5 Å². The minimum atomic E-state index is -0.391. The Bertz CT molecular complexity index is 569. The van der Waals surface area contributed by atoms with Crippen LogP contribution >= 0.6 is 11.3 Å². The average molecular weight is 246 g/mol. The van der Waals surface area contributed by atoms with E-state index in [9.17, 15) is 4.39 Å². The van der Waals surface area contributed by atoms with E-state index in [2.05, 4.69) is 5.32 Å². The van der Waals surface area contributed by atoms with Gasteiger partial charge >= 0.3 is 0 Å². The Morgan fingerprint density at radius 3 is 2.82 bits per heavy atom. The topological polar surface area (TPSA) is 35.8 Å². The van der Waals surface area contributed by atoms with Crippen LogP contribution in [0.15, 0.2) is 29.6 Å². The van der Waals surface area contributed by atoms with Gasteiger partial charge in [0, 0.05) is 11.4 Å². The van der Waals surface area contributed by atoms with Gasteiger partial charge in [0.25, 0.3) is 0 Å². The van der Waals surface area contributed by atoms with E-state index in [0.717, 1.165) is 0 Å². The largest absolute Gasteiger partial charge is 0.378 e. The van der Waals surface area contributed by atoms with E-state index in [1.807, 2.05) is 24.4 Å². The molecule has 2 rings (SSSR count). The number of nitrogens with one attached hydrogen (secondary N) is 1. The highest BCUT2D eigenvalue weighted by Gasteiger charge is 2.04. The zero-order valence-corrected chi connectivity index (χ0v) is 10.1. The lowest BCUT2D eigenvalue weighted by atomic mass is 10.2. The van der Waals surface area contributed by atoms with Crippen LogP contribution in [0.2, 0.25) is 0 Å². The van der Waals surface area contributed by atoms with Gasteiger partial charge in [-0.25, -0.2) is 4.39 Å². The molecule has 4 heteroatoms. The molecule has 0 spiro atoms. The summed E-state index contributed by atoms with van der Waals surface area (Å²) in [6.45, 7) is 2.63. The van der Waals surface area contributed by atoms with Crippen molar-refractivity contribution in [3.63, 3.8) is 0 Å². The van der Waals surface area contributed by atoms with Crippen LogP contribution in [0.5, 0.6) is 0 Å². The number of halogens is 1. The third-order valence-corrected chi connectivity index (χ3v) is 3.53. The van der Waals surface area contributed by atoms with Crippen molar-refractivity contribution < 1.29 is 4.39 Å². The first kappa shape index (κ1) is 11.6. The number of rotatable bonds is 3. The number of hydrogen-bond acceptors (Lipinski definition) is 3. The Hall–Kier alpha value is -1.86. The molecule has 0 fully saturated rings. The molecule has 0 radical (unpaired) electrons. The Balaban J connectivity index is 2.10. The molecule has 86 valence electrons. The quantitative estimate of drug-likeness (QED) is 0.896. The highest BCUT2D eigenvalue weighted by molar-refractivity contribution is 7.10. The summed E-state index contributed by atoms with van der Waals surface area (Å²) in [7, 11) is 0. The van der Waals surface area contributed by atoms with Gasteiger partial charge in [-0.3, -0.25) is 0 Å². The summed E-state index contributed by atoms with van der Waals surface area (Å²) in [4.78, 5) is 1.19. The van der Waals surface area contributed by atoms with Crippen molar-refractivity contribution in [2.75, 3.05) is 5.32 Å². The first-order valence-corrected chi connectivity index (χ1v) is 6.05. The van der Waals surface area contributed by atoms with E-state index in [1.54, 1.807) is 23.5 Å². The van der Waals surface area contributed by atoms with Crippen molar-refractivity contribution in [2.45, 2.75) is 13.5 Å². The predicted molar refractivity (Wildman–Crippen MR) is 67.5 cm³/mol. The van der Waals surface area contributed by atoms with E-state index in [4.69, 9.17) is 5.26 Å². The first-order valence-electron chi connectivity index (χ1n) is 5.17. The molecule has 1 aromatic heterocycles. The second-order valence-corrected chi connectivity index (χ2v) is 4.69. The van der Waals surface area contributed by atoms with Gasteiger partial charge < -0.3 is 5.32 Å². The Morgan fingerprint density at radius 2 is 2.24 bits per heavy atom. The van der Waals surface area contributed by atoms with E-state index in [0.29, 0.717) is 17.8 Å². The minimum Gasteiger partial charge on any atom is -0.378 e. The monoisotopic (exact) mass is 246 g/mol. The fourth-order valence-corrected chi connectivity index (χ4v) is 2.33. The number of benzene rings is 1. The van der Waals surface area contributed by atoms with Crippen LogP contribution < -0.4 is 5.32 Å². The smallest absolute Gasteiger partial charge is 0.147 e. The maximum atomic E-state index is 13.6. The van der Waals surface area contributed by atoms with Crippen molar-refractivity contribution >= 4 is 17.0 Å². The van der Waals surface area contributed by atoms with Crippen LogP contribution in [0.3, 0.4) is 0 Å². The molecule has 0 aliphatic rings. The third-order valence-electron chi connectivity index (χ3n) is 2.51. The molecule has 0 amide bonds. The molecular weight excluding hydrogens is 235 g/mol. The van der Waals surface area contributed by atoms with E-state index >= 15 is 0 Å². The summed E-state index contributed by atoms with van der Waals surface area (Å²) in [5, 5.41) is 13.7. The lowest BCUT2D eigenvalue weighted by Crippen LogP contribution is -2.01. The average Bonchev–Trinajstić information content (AvgIpc) is 2.73. The lowest BCUT2D eigenvalue weighted by molar-refractivity contribution is 0.629. The highest BCUT2D eigenvalue weighted by Crippen LogP contribution is 2.20. The van der Waals surface area contributed by atoms with E-state index in [-0.39, 0.29) is 0 Å². The van der Waals surface area contributed by atoms with Crippen LogP contribution in [0, 0.1) is 24.1 Å². The molecule has 0 bridgehead atoms. The molecule has 2 aromatic rings. The van der Waals surface area contributed by atoms with Crippen molar-refractivity contribution in [3.8, 4) is 6.07 Å². The maximum Gasteiger partial charge on any atom is 0.147 e. The predicted octanol–water partition coefficient (Wildman–Crippen LogP) is 3.68. The fraction of sp³-hybridized carbons (Fsp3) is 0.154. The molecule has 1 heterocycles. The molecular formula is C13H11FN2S. The second kappa shape index (κ2) is 4.98. The van der Waals surface area contributed by atoms with Gasteiger partial charge in [0.05, 0.1) is 17.3 Å². The van der Waals surface area contributed by atoms with Gasteiger partial charge in [0.1, 0.15) is 5.82 Å². The van der Waals surface area contributed by atoms with Crippen molar-refractivity contribution in [2.24, 2.45) is 0 Å². The minimum absolute atomic E-state index is 0.334. The van der Waals surface area contributed by atoms with Gasteiger partial charge in [-0.1, -0.05) is 0 Å². The molecule has 0 atom stereocenters. The third kappa shape index (κ3) is 2.63. The highest BCUT2D eigenvalue weighted by atomic mass is 32.1. The molecule has 0 saturated heterocycles. The fourth-order valence-electron chi connectivity index (χ4n) is 1.49. The van der Waals surface area contributed by atoms with Crippen LogP contribution in [0.4, 0.5) is 10.1 Å². The molecule has 1 aromatic carbocycles. The van der Waals surface area contributed by atoms with Crippen LogP contribution in [0.25, 0.3) is 0 Å². The van der Waals surface area contributed by atoms with Gasteiger partial charge in [0.2, 0.25) is 0 Å². The number of hydrogen-bond donors (Lipinski definition) is 1. The summed E-state index contributed by atoms with van der Waals surface area (Å²) in [5.74, 6) is -0.391. The summed E-state index contributed by atoms with van der Waals surface area (Å²) in [6.07, 6.45) is 0. The Labute approximate surface area is 103 Å². The van der Waals surface area contributed by atoms with E-state index < -0.39 is 5.82 Å². The molecule has 0 unspecified atom stereocenters. The molecule has 0 saturated carbocycles. The normalized spacial score (nSPS) is 9.94. The summed E-state index contributed by atoms with van der Waals surface area (Å²) in [6, 6.07) is 8.38. The molecule has 2 nitrogen and oxygen atoms in total. The van der Waals surface area contributed by atoms with Gasteiger partial charge in [-0.05, 0) is 42.1 Å². The van der Waals surface area contributed by atoms with Crippen LogP contribution in [0.1, 0.15) is 16.0 Å². The maximum absolute atomic E-state index is 13.6. The second-order valence-electron chi connectivity index (χ2n) is 3.69. The van der Waals surface area contributed by atoms with Crippen molar-refractivity contribution in [1.29, 1.82) is 5.26 Å². The zero-order chi connectivity index (χ0) is 12.3. The number of anilines is 1. The Kier molecular flexibility index (Phi) is 3.40. The molecule has 0 aliphatic heterocycles. The molecule has 17 heavy (non-hydrogen) atoms. The number of nitrogens with zero attached hydrogens (tertiary/aromatic N) is 1. The van der Waals surface area contributed by atoms with Gasteiger partial charge in [-0.2, -0.15) is 5.26 Å². The lowest BCUT2D eigenvalue weighted by Gasteiger charge is -2.07. The SMILES string of the molecule is Cc1ccsc1CNc1ccc(C#N)cc1F. The standard InChI is InChI=1S/C13H11FN2S/c1-9-4-5-17-13(9)8-16-12-3-2-10(7-15)6-11(12)14/h2-6,16H,8H2,1H3. The number of nitriles is 1. The first-order chi connectivity index (χ1) is 8.20. The summed E-state index contributed by atoms with van der Waals surface area (Å²) < 4.78 is 13.6. The summed E-state index contributed by atoms with van der Waals surface area (Å²) >= 11 is 1.65.